The number of rotatable bonds is 2. The second-order valence-corrected chi connectivity index (χ2v) is 3.60. The molecule has 0 saturated heterocycles. The van der Waals surface area contributed by atoms with Gasteiger partial charge < -0.3 is 9.84 Å². The quantitative estimate of drug-likeness (QED) is 0.831. The fraction of sp³-hybridized carbons (Fsp3) is 0.250. The number of carbonyl (C=O) groups excluding carboxylic acids is 1. The minimum atomic E-state index is -0.423. The zero-order valence-electron chi connectivity index (χ0n) is 8.80. The van der Waals surface area contributed by atoms with E-state index in [-0.39, 0.29) is 12.4 Å². The summed E-state index contributed by atoms with van der Waals surface area (Å²) < 4.78 is 5.09. The monoisotopic (exact) mass is 219 g/mol. The van der Waals surface area contributed by atoms with E-state index >= 15 is 0 Å². The molecule has 0 radical (unpaired) electrons. The molecule has 0 spiro atoms. The fourth-order valence-corrected chi connectivity index (χ4v) is 1.49. The molecule has 1 aromatic carbocycles. The molecule has 1 amide bonds. The van der Waals surface area contributed by atoms with Crippen molar-refractivity contribution < 1.29 is 14.6 Å². The maximum Gasteiger partial charge on any atom is 0.414 e. The van der Waals surface area contributed by atoms with Gasteiger partial charge in [0, 0.05) is 19.2 Å². The van der Waals surface area contributed by atoms with Gasteiger partial charge in [-0.1, -0.05) is 30.3 Å². The Morgan fingerprint density at radius 3 is 2.75 bits per heavy atom. The highest BCUT2D eigenvalue weighted by Gasteiger charge is 2.19. The second kappa shape index (κ2) is 4.70. The first-order chi connectivity index (χ1) is 7.75. The van der Waals surface area contributed by atoms with Crippen LogP contribution in [0.25, 0.3) is 0 Å². The fourth-order valence-electron chi connectivity index (χ4n) is 1.49. The van der Waals surface area contributed by atoms with Crippen molar-refractivity contribution in [3.05, 3.63) is 47.9 Å². The number of aliphatic hydroxyl groups excluding tert-OH is 1. The molecule has 0 aromatic heterocycles. The summed E-state index contributed by atoms with van der Waals surface area (Å²) in [6.45, 7) is 0.740. The second-order valence-electron chi connectivity index (χ2n) is 3.60. The van der Waals surface area contributed by atoms with Crippen molar-refractivity contribution in [3.63, 3.8) is 0 Å². The molecule has 0 fully saturated rings. The first-order valence-electron chi connectivity index (χ1n) is 5.13. The Bertz CT molecular complexity index is 400. The SMILES string of the molecule is O=C(OCc1ccccc1)N1C=C(O)CC1. The van der Waals surface area contributed by atoms with Crippen molar-refractivity contribution in [2.75, 3.05) is 6.54 Å². The molecule has 4 nitrogen and oxygen atoms in total. The van der Waals surface area contributed by atoms with E-state index in [0.717, 1.165) is 5.56 Å². The van der Waals surface area contributed by atoms with Crippen LogP contribution in [0.4, 0.5) is 4.79 Å². The van der Waals surface area contributed by atoms with Crippen LogP contribution in [0, 0.1) is 0 Å². The van der Waals surface area contributed by atoms with Gasteiger partial charge in [-0.15, -0.1) is 0 Å². The van der Waals surface area contributed by atoms with Crippen LogP contribution in [-0.4, -0.2) is 22.6 Å². The number of benzene rings is 1. The van der Waals surface area contributed by atoms with E-state index < -0.39 is 6.09 Å². The molecule has 84 valence electrons. The molecule has 0 aliphatic carbocycles. The Morgan fingerprint density at radius 1 is 1.38 bits per heavy atom. The Hall–Kier alpha value is -1.97. The van der Waals surface area contributed by atoms with E-state index in [0.29, 0.717) is 13.0 Å². The molecule has 1 aromatic rings. The molecule has 1 aliphatic heterocycles. The summed E-state index contributed by atoms with van der Waals surface area (Å²) >= 11 is 0. The zero-order chi connectivity index (χ0) is 11.4. The highest BCUT2D eigenvalue weighted by molar-refractivity contribution is 5.69. The van der Waals surface area contributed by atoms with Gasteiger partial charge in [-0.2, -0.15) is 0 Å². The summed E-state index contributed by atoms with van der Waals surface area (Å²) in [4.78, 5) is 12.9. The molecule has 0 bridgehead atoms. The minimum Gasteiger partial charge on any atom is -0.511 e. The molecule has 1 aliphatic rings. The summed E-state index contributed by atoms with van der Waals surface area (Å²) in [5.74, 6) is 0.219. The number of hydrogen-bond acceptors (Lipinski definition) is 3. The van der Waals surface area contributed by atoms with Crippen molar-refractivity contribution in [3.8, 4) is 0 Å². The maximum absolute atomic E-state index is 11.5. The summed E-state index contributed by atoms with van der Waals surface area (Å²) in [6, 6.07) is 9.48. The Labute approximate surface area is 93.8 Å². The van der Waals surface area contributed by atoms with Gasteiger partial charge in [0.1, 0.15) is 12.4 Å². The van der Waals surface area contributed by atoms with Crippen LogP contribution in [0.5, 0.6) is 0 Å². The number of aliphatic hydroxyl groups is 1. The van der Waals surface area contributed by atoms with Crippen molar-refractivity contribution in [1.29, 1.82) is 0 Å². The average Bonchev–Trinajstić information content (AvgIpc) is 2.74. The van der Waals surface area contributed by atoms with Gasteiger partial charge in [0.2, 0.25) is 0 Å². The van der Waals surface area contributed by atoms with E-state index in [9.17, 15) is 4.79 Å². The number of carbonyl (C=O) groups is 1. The Balaban J connectivity index is 1.85. The van der Waals surface area contributed by atoms with Crippen LogP contribution in [0.2, 0.25) is 0 Å². The van der Waals surface area contributed by atoms with E-state index in [1.807, 2.05) is 30.3 Å². The maximum atomic E-state index is 11.5. The molecule has 4 heteroatoms. The number of amides is 1. The van der Waals surface area contributed by atoms with E-state index in [1.165, 1.54) is 11.1 Å². The number of hydrogen-bond donors (Lipinski definition) is 1. The van der Waals surface area contributed by atoms with Crippen molar-refractivity contribution in [1.82, 2.24) is 4.90 Å². The van der Waals surface area contributed by atoms with Crippen LogP contribution >= 0.6 is 0 Å². The molecular formula is C12H13NO3. The highest BCUT2D eigenvalue weighted by atomic mass is 16.6. The lowest BCUT2D eigenvalue weighted by Crippen LogP contribution is -2.24. The number of nitrogens with zero attached hydrogens (tertiary/aromatic N) is 1. The van der Waals surface area contributed by atoms with Gasteiger partial charge in [-0.25, -0.2) is 4.79 Å². The molecule has 16 heavy (non-hydrogen) atoms. The molecule has 1 N–H and O–H groups in total. The van der Waals surface area contributed by atoms with Gasteiger partial charge >= 0.3 is 6.09 Å². The standard InChI is InChI=1S/C12H13NO3/c14-11-6-7-13(8-11)12(15)16-9-10-4-2-1-3-5-10/h1-5,8,14H,6-7,9H2. The largest absolute Gasteiger partial charge is 0.511 e. The molecule has 2 rings (SSSR count). The first kappa shape index (κ1) is 10.5. The summed E-state index contributed by atoms with van der Waals surface area (Å²) in [5, 5.41) is 9.15. The van der Waals surface area contributed by atoms with Crippen molar-refractivity contribution in [2.24, 2.45) is 0 Å². The van der Waals surface area contributed by atoms with Crippen molar-refractivity contribution >= 4 is 6.09 Å². The van der Waals surface area contributed by atoms with E-state index in [4.69, 9.17) is 9.84 Å². The van der Waals surface area contributed by atoms with Gasteiger partial charge in [-0.05, 0) is 5.56 Å². The van der Waals surface area contributed by atoms with Crippen molar-refractivity contribution in [2.45, 2.75) is 13.0 Å². The van der Waals surface area contributed by atoms with Crippen LogP contribution in [0.1, 0.15) is 12.0 Å². The van der Waals surface area contributed by atoms with Gasteiger partial charge in [0.15, 0.2) is 0 Å². The Morgan fingerprint density at radius 2 is 2.12 bits per heavy atom. The van der Waals surface area contributed by atoms with Crippen LogP contribution in [0.15, 0.2) is 42.3 Å². The normalized spacial score (nSPS) is 14.8. The van der Waals surface area contributed by atoms with Gasteiger partial charge in [0.25, 0.3) is 0 Å². The summed E-state index contributed by atoms with van der Waals surface area (Å²) in [7, 11) is 0. The predicted octanol–water partition coefficient (Wildman–Crippen LogP) is 2.43. The molecular weight excluding hydrogens is 206 g/mol. The van der Waals surface area contributed by atoms with E-state index in [1.54, 1.807) is 0 Å². The van der Waals surface area contributed by atoms with Crippen LogP contribution < -0.4 is 0 Å². The average molecular weight is 219 g/mol. The summed E-state index contributed by atoms with van der Waals surface area (Å²) in [6.07, 6.45) is 1.49. The molecule has 0 saturated carbocycles. The first-order valence-corrected chi connectivity index (χ1v) is 5.13. The van der Waals surface area contributed by atoms with Crippen LogP contribution in [-0.2, 0) is 11.3 Å². The third kappa shape index (κ3) is 2.53. The molecule has 1 heterocycles. The third-order valence-electron chi connectivity index (χ3n) is 2.35. The molecule has 0 unspecified atom stereocenters. The minimum absolute atomic E-state index is 0.219. The lowest BCUT2D eigenvalue weighted by molar-refractivity contribution is 0.113. The lowest BCUT2D eigenvalue weighted by Gasteiger charge is -2.12. The Kier molecular flexibility index (Phi) is 3.10. The number of ether oxygens (including phenoxy) is 1. The lowest BCUT2D eigenvalue weighted by atomic mass is 10.2. The topological polar surface area (TPSA) is 49.8 Å². The highest BCUT2D eigenvalue weighted by Crippen LogP contribution is 2.13. The molecule has 0 atom stereocenters. The van der Waals surface area contributed by atoms with Gasteiger partial charge in [0.05, 0.1) is 0 Å². The summed E-state index contributed by atoms with van der Waals surface area (Å²) in [5.41, 5.74) is 0.947. The third-order valence-corrected chi connectivity index (χ3v) is 2.35. The van der Waals surface area contributed by atoms with Crippen LogP contribution in [0.3, 0.4) is 0 Å². The van der Waals surface area contributed by atoms with Gasteiger partial charge in [-0.3, -0.25) is 4.90 Å². The smallest absolute Gasteiger partial charge is 0.414 e. The predicted molar refractivity (Wildman–Crippen MR) is 58.7 cm³/mol. The zero-order valence-corrected chi connectivity index (χ0v) is 8.80. The van der Waals surface area contributed by atoms with E-state index in [2.05, 4.69) is 0 Å².